The maximum Gasteiger partial charge on any atom is 0.323 e. The summed E-state index contributed by atoms with van der Waals surface area (Å²) in [6, 6.07) is 0.591. The van der Waals surface area contributed by atoms with Crippen LogP contribution in [0.4, 0.5) is 6.01 Å². The first-order chi connectivity index (χ1) is 6.24. The Morgan fingerprint density at radius 2 is 2.31 bits per heavy atom. The molecule has 0 amide bonds. The molecule has 0 aliphatic heterocycles. The third-order valence-electron chi connectivity index (χ3n) is 1.76. The second-order valence-corrected chi connectivity index (χ2v) is 3.00. The highest BCUT2D eigenvalue weighted by Crippen LogP contribution is 2.07. The SMILES string of the molecule is CNCCCN(C)c1nc(C)no1. The average molecular weight is 184 g/mol. The van der Waals surface area contributed by atoms with Crippen molar-refractivity contribution in [2.75, 3.05) is 32.1 Å². The lowest BCUT2D eigenvalue weighted by Gasteiger charge is -2.12. The molecule has 0 spiro atoms. The highest BCUT2D eigenvalue weighted by atomic mass is 16.5. The summed E-state index contributed by atoms with van der Waals surface area (Å²) < 4.78 is 5.00. The van der Waals surface area contributed by atoms with Crippen LogP contribution in [-0.2, 0) is 0 Å². The van der Waals surface area contributed by atoms with E-state index in [1.54, 1.807) is 0 Å². The number of anilines is 1. The van der Waals surface area contributed by atoms with Gasteiger partial charge in [0.05, 0.1) is 0 Å². The van der Waals surface area contributed by atoms with Gasteiger partial charge in [-0.1, -0.05) is 5.16 Å². The zero-order valence-corrected chi connectivity index (χ0v) is 8.37. The van der Waals surface area contributed by atoms with E-state index in [1.165, 1.54) is 0 Å². The molecule has 0 aliphatic rings. The molecule has 5 heteroatoms. The van der Waals surface area contributed by atoms with Crippen molar-refractivity contribution >= 4 is 6.01 Å². The van der Waals surface area contributed by atoms with E-state index in [0.29, 0.717) is 11.8 Å². The number of nitrogens with one attached hydrogen (secondary N) is 1. The Hall–Kier alpha value is -1.10. The van der Waals surface area contributed by atoms with Gasteiger partial charge in [-0.2, -0.15) is 4.98 Å². The molecule has 0 atom stereocenters. The van der Waals surface area contributed by atoms with E-state index in [2.05, 4.69) is 15.5 Å². The standard InChI is InChI=1S/C8H16N4O/c1-7-10-8(13-11-7)12(3)6-4-5-9-2/h9H,4-6H2,1-3H3. The topological polar surface area (TPSA) is 54.2 Å². The van der Waals surface area contributed by atoms with Crippen LogP contribution in [0.15, 0.2) is 4.52 Å². The van der Waals surface area contributed by atoms with Crippen molar-refractivity contribution in [1.82, 2.24) is 15.5 Å². The fraction of sp³-hybridized carbons (Fsp3) is 0.750. The number of aryl methyl sites for hydroxylation is 1. The minimum Gasteiger partial charge on any atom is -0.327 e. The molecule has 0 aliphatic carbocycles. The number of rotatable bonds is 5. The fourth-order valence-corrected chi connectivity index (χ4v) is 1.03. The van der Waals surface area contributed by atoms with Gasteiger partial charge in [-0.05, 0) is 26.9 Å². The molecule has 74 valence electrons. The van der Waals surface area contributed by atoms with E-state index in [9.17, 15) is 0 Å². The first kappa shape index (κ1) is 9.98. The van der Waals surface area contributed by atoms with Crippen molar-refractivity contribution in [3.8, 4) is 0 Å². The highest BCUT2D eigenvalue weighted by Gasteiger charge is 2.07. The molecule has 1 heterocycles. The van der Waals surface area contributed by atoms with Crippen molar-refractivity contribution in [2.24, 2.45) is 0 Å². The highest BCUT2D eigenvalue weighted by molar-refractivity contribution is 5.22. The molecular weight excluding hydrogens is 168 g/mol. The second kappa shape index (κ2) is 4.81. The number of nitrogens with zero attached hydrogens (tertiary/aromatic N) is 3. The Balaban J connectivity index is 2.35. The Labute approximate surface area is 78.1 Å². The normalized spacial score (nSPS) is 10.4. The number of aromatic nitrogens is 2. The van der Waals surface area contributed by atoms with Gasteiger partial charge in [0.1, 0.15) is 0 Å². The van der Waals surface area contributed by atoms with E-state index in [4.69, 9.17) is 4.52 Å². The second-order valence-electron chi connectivity index (χ2n) is 3.00. The molecule has 0 saturated heterocycles. The summed E-state index contributed by atoms with van der Waals surface area (Å²) in [6.07, 6.45) is 1.06. The molecule has 1 aromatic heterocycles. The Morgan fingerprint density at radius 1 is 1.54 bits per heavy atom. The third kappa shape index (κ3) is 3.02. The van der Waals surface area contributed by atoms with Crippen LogP contribution in [0.25, 0.3) is 0 Å². The lowest BCUT2D eigenvalue weighted by atomic mass is 10.4. The van der Waals surface area contributed by atoms with Crippen molar-refractivity contribution in [3.05, 3.63) is 5.82 Å². The minimum atomic E-state index is 0.591. The average Bonchev–Trinajstić information content (AvgIpc) is 2.52. The molecule has 5 nitrogen and oxygen atoms in total. The van der Waals surface area contributed by atoms with E-state index >= 15 is 0 Å². The van der Waals surface area contributed by atoms with Gasteiger partial charge in [-0.3, -0.25) is 0 Å². The first-order valence-electron chi connectivity index (χ1n) is 4.40. The van der Waals surface area contributed by atoms with Crippen LogP contribution in [0, 0.1) is 6.92 Å². The number of hydrogen-bond donors (Lipinski definition) is 1. The Kier molecular flexibility index (Phi) is 3.70. The molecule has 1 aromatic rings. The zero-order valence-electron chi connectivity index (χ0n) is 8.37. The summed E-state index contributed by atoms with van der Waals surface area (Å²) in [7, 11) is 3.89. The van der Waals surface area contributed by atoms with Gasteiger partial charge in [0, 0.05) is 13.6 Å². The van der Waals surface area contributed by atoms with Crippen LogP contribution in [0.3, 0.4) is 0 Å². The summed E-state index contributed by atoms with van der Waals surface area (Å²) in [6.45, 7) is 3.73. The zero-order chi connectivity index (χ0) is 9.68. The van der Waals surface area contributed by atoms with Crippen molar-refractivity contribution < 1.29 is 4.52 Å². The van der Waals surface area contributed by atoms with Gasteiger partial charge < -0.3 is 14.7 Å². The molecule has 0 aromatic carbocycles. The van der Waals surface area contributed by atoms with Gasteiger partial charge in [-0.15, -0.1) is 0 Å². The molecular formula is C8H16N4O. The summed E-state index contributed by atoms with van der Waals surface area (Å²) in [5.41, 5.74) is 0. The van der Waals surface area contributed by atoms with Crippen LogP contribution < -0.4 is 10.2 Å². The molecule has 13 heavy (non-hydrogen) atoms. The molecule has 0 saturated carbocycles. The van der Waals surface area contributed by atoms with Crippen LogP contribution in [-0.4, -0.2) is 37.3 Å². The largest absolute Gasteiger partial charge is 0.327 e. The summed E-state index contributed by atoms with van der Waals surface area (Å²) in [5.74, 6) is 0.676. The maximum atomic E-state index is 5.00. The molecule has 1 N–H and O–H groups in total. The van der Waals surface area contributed by atoms with E-state index in [0.717, 1.165) is 19.5 Å². The van der Waals surface area contributed by atoms with E-state index in [-0.39, 0.29) is 0 Å². The van der Waals surface area contributed by atoms with Crippen LogP contribution in [0.1, 0.15) is 12.2 Å². The van der Waals surface area contributed by atoms with Gasteiger partial charge >= 0.3 is 6.01 Å². The first-order valence-corrected chi connectivity index (χ1v) is 4.40. The summed E-state index contributed by atoms with van der Waals surface area (Å²) >= 11 is 0. The summed E-state index contributed by atoms with van der Waals surface area (Å²) in [4.78, 5) is 6.07. The van der Waals surface area contributed by atoms with Crippen LogP contribution >= 0.6 is 0 Å². The lowest BCUT2D eigenvalue weighted by molar-refractivity contribution is 0.412. The fourth-order valence-electron chi connectivity index (χ4n) is 1.03. The van der Waals surface area contributed by atoms with E-state index < -0.39 is 0 Å². The molecule has 0 fully saturated rings. The monoisotopic (exact) mass is 184 g/mol. The van der Waals surface area contributed by atoms with Crippen molar-refractivity contribution in [3.63, 3.8) is 0 Å². The number of hydrogen-bond acceptors (Lipinski definition) is 5. The van der Waals surface area contributed by atoms with Crippen molar-refractivity contribution in [2.45, 2.75) is 13.3 Å². The van der Waals surface area contributed by atoms with Gasteiger partial charge in [0.2, 0.25) is 0 Å². The van der Waals surface area contributed by atoms with Crippen LogP contribution in [0.2, 0.25) is 0 Å². The third-order valence-corrected chi connectivity index (χ3v) is 1.76. The Bertz CT molecular complexity index is 248. The molecule has 0 bridgehead atoms. The van der Waals surface area contributed by atoms with E-state index in [1.807, 2.05) is 25.9 Å². The maximum absolute atomic E-state index is 5.00. The quantitative estimate of drug-likeness (QED) is 0.672. The van der Waals surface area contributed by atoms with Gasteiger partial charge in [-0.25, -0.2) is 0 Å². The molecule has 0 unspecified atom stereocenters. The Morgan fingerprint density at radius 3 is 2.85 bits per heavy atom. The van der Waals surface area contributed by atoms with Gasteiger partial charge in [0.25, 0.3) is 0 Å². The smallest absolute Gasteiger partial charge is 0.323 e. The lowest BCUT2D eigenvalue weighted by Crippen LogP contribution is -2.22. The predicted octanol–water partition coefficient (Wildman–Crippen LogP) is 0.424. The van der Waals surface area contributed by atoms with Gasteiger partial charge in [0.15, 0.2) is 5.82 Å². The van der Waals surface area contributed by atoms with Crippen LogP contribution in [0.5, 0.6) is 0 Å². The molecule has 0 radical (unpaired) electrons. The minimum absolute atomic E-state index is 0.591. The van der Waals surface area contributed by atoms with Crippen molar-refractivity contribution in [1.29, 1.82) is 0 Å². The predicted molar refractivity (Wildman–Crippen MR) is 50.8 cm³/mol. The molecule has 1 rings (SSSR count). The summed E-state index contributed by atoms with van der Waals surface area (Å²) in [5, 5.41) is 6.81.